The first-order valence-corrected chi connectivity index (χ1v) is 7.40. The fraction of sp³-hybridized carbons (Fsp3) is 0.562. The van der Waals surface area contributed by atoms with E-state index in [2.05, 4.69) is 12.2 Å². The molecule has 2 N–H and O–H groups in total. The molecule has 1 amide bonds. The smallest absolute Gasteiger partial charge is 0.251 e. The van der Waals surface area contributed by atoms with Crippen LogP contribution in [0.3, 0.4) is 0 Å². The minimum Gasteiger partial charge on any atom is -0.494 e. The van der Waals surface area contributed by atoms with Gasteiger partial charge >= 0.3 is 0 Å². The molecular formula is C16H23NO3. The van der Waals surface area contributed by atoms with Crippen molar-refractivity contribution in [2.75, 3.05) is 13.2 Å². The summed E-state index contributed by atoms with van der Waals surface area (Å²) in [6.07, 6.45) is 3.86. The second-order valence-electron chi connectivity index (χ2n) is 5.34. The summed E-state index contributed by atoms with van der Waals surface area (Å²) in [6.45, 7) is 3.15. The lowest BCUT2D eigenvalue weighted by atomic mass is 10.2. The number of benzene rings is 1. The summed E-state index contributed by atoms with van der Waals surface area (Å²) in [5.41, 5.74) is 0.593. The molecule has 0 saturated heterocycles. The number of amides is 1. The number of rotatable bonds is 8. The van der Waals surface area contributed by atoms with Gasteiger partial charge in [0.25, 0.3) is 5.91 Å². The van der Waals surface area contributed by atoms with Crippen LogP contribution in [0.1, 0.15) is 43.0 Å². The van der Waals surface area contributed by atoms with Crippen molar-refractivity contribution in [2.45, 2.75) is 38.7 Å². The lowest BCUT2D eigenvalue weighted by molar-refractivity contribution is 0.0901. The Morgan fingerprint density at radius 1 is 1.40 bits per heavy atom. The number of hydrogen-bond acceptors (Lipinski definition) is 3. The van der Waals surface area contributed by atoms with E-state index in [1.54, 1.807) is 12.1 Å². The van der Waals surface area contributed by atoms with Crippen LogP contribution in [0.2, 0.25) is 0 Å². The molecule has 20 heavy (non-hydrogen) atoms. The molecule has 1 aromatic carbocycles. The Kier molecular flexibility index (Phi) is 5.41. The normalized spacial score (nSPS) is 15.7. The van der Waals surface area contributed by atoms with E-state index < -0.39 is 6.10 Å². The van der Waals surface area contributed by atoms with Crippen molar-refractivity contribution in [1.82, 2.24) is 5.32 Å². The quantitative estimate of drug-likeness (QED) is 0.717. The molecule has 110 valence electrons. The van der Waals surface area contributed by atoms with Crippen molar-refractivity contribution in [3.8, 4) is 5.75 Å². The Morgan fingerprint density at radius 2 is 2.10 bits per heavy atom. The number of nitrogens with one attached hydrogen (secondary N) is 1. The predicted octanol–water partition coefficient (Wildman–Crippen LogP) is 2.37. The standard InChI is InChI=1S/C16H23NO3/c1-2-3-10-20-14-8-6-13(7-9-14)16(19)17-11-15(18)12-4-5-12/h6-9,12,15,18H,2-5,10-11H2,1H3,(H,17,19). The van der Waals surface area contributed by atoms with E-state index in [1.165, 1.54) is 0 Å². The number of carbonyl (C=O) groups is 1. The van der Waals surface area contributed by atoms with Crippen LogP contribution >= 0.6 is 0 Å². The minimum absolute atomic E-state index is 0.148. The second-order valence-corrected chi connectivity index (χ2v) is 5.34. The van der Waals surface area contributed by atoms with Crippen LogP contribution in [0, 0.1) is 5.92 Å². The van der Waals surface area contributed by atoms with E-state index in [1.807, 2.05) is 12.1 Å². The highest BCUT2D eigenvalue weighted by Crippen LogP contribution is 2.32. The lowest BCUT2D eigenvalue weighted by Gasteiger charge is -2.11. The molecule has 2 rings (SSSR count). The van der Waals surface area contributed by atoms with E-state index >= 15 is 0 Å². The molecule has 0 aliphatic heterocycles. The van der Waals surface area contributed by atoms with Gasteiger partial charge in [0.1, 0.15) is 5.75 Å². The van der Waals surface area contributed by atoms with Gasteiger partial charge in [0.2, 0.25) is 0 Å². The van der Waals surface area contributed by atoms with Gasteiger partial charge in [-0.3, -0.25) is 4.79 Å². The summed E-state index contributed by atoms with van der Waals surface area (Å²) in [7, 11) is 0. The van der Waals surface area contributed by atoms with Crippen LogP contribution in [0.4, 0.5) is 0 Å². The van der Waals surface area contributed by atoms with Crippen LogP contribution in [0.5, 0.6) is 5.75 Å². The molecule has 1 saturated carbocycles. The Balaban J connectivity index is 1.77. The summed E-state index contributed by atoms with van der Waals surface area (Å²) >= 11 is 0. The average Bonchev–Trinajstić information content (AvgIpc) is 3.30. The topological polar surface area (TPSA) is 58.6 Å². The van der Waals surface area contributed by atoms with Crippen molar-refractivity contribution >= 4 is 5.91 Å². The monoisotopic (exact) mass is 277 g/mol. The minimum atomic E-state index is -0.407. The molecule has 4 heteroatoms. The first-order valence-electron chi connectivity index (χ1n) is 7.40. The maximum absolute atomic E-state index is 11.9. The molecule has 0 radical (unpaired) electrons. The van der Waals surface area contributed by atoms with Crippen molar-refractivity contribution in [3.63, 3.8) is 0 Å². The number of aliphatic hydroxyl groups is 1. The molecule has 1 aliphatic carbocycles. The molecule has 1 unspecified atom stereocenters. The van der Waals surface area contributed by atoms with Crippen molar-refractivity contribution in [3.05, 3.63) is 29.8 Å². The molecular weight excluding hydrogens is 254 g/mol. The Bertz CT molecular complexity index is 426. The molecule has 4 nitrogen and oxygen atoms in total. The molecule has 0 bridgehead atoms. The van der Waals surface area contributed by atoms with Gasteiger partial charge < -0.3 is 15.2 Å². The third-order valence-electron chi connectivity index (χ3n) is 3.52. The van der Waals surface area contributed by atoms with Gasteiger partial charge in [-0.15, -0.1) is 0 Å². The number of ether oxygens (including phenoxy) is 1. The van der Waals surface area contributed by atoms with Gasteiger partial charge in [0, 0.05) is 12.1 Å². The number of hydrogen-bond donors (Lipinski definition) is 2. The zero-order chi connectivity index (χ0) is 14.4. The van der Waals surface area contributed by atoms with E-state index in [0.717, 1.165) is 31.4 Å². The van der Waals surface area contributed by atoms with Gasteiger partial charge in [-0.25, -0.2) is 0 Å². The van der Waals surface area contributed by atoms with Gasteiger partial charge in [-0.05, 0) is 49.4 Å². The molecule has 1 aliphatic rings. The fourth-order valence-electron chi connectivity index (χ4n) is 1.98. The first kappa shape index (κ1) is 14.9. The highest BCUT2D eigenvalue weighted by molar-refractivity contribution is 5.94. The average molecular weight is 277 g/mol. The molecule has 0 spiro atoms. The Hall–Kier alpha value is -1.55. The van der Waals surface area contributed by atoms with Gasteiger partial charge in [0.15, 0.2) is 0 Å². The molecule has 0 aromatic heterocycles. The van der Waals surface area contributed by atoms with Crippen LogP contribution in [0.25, 0.3) is 0 Å². The van der Waals surface area contributed by atoms with Crippen LogP contribution in [-0.2, 0) is 0 Å². The maximum atomic E-state index is 11.9. The zero-order valence-electron chi connectivity index (χ0n) is 12.0. The number of carbonyl (C=O) groups excluding carboxylic acids is 1. The molecule has 0 heterocycles. The second kappa shape index (κ2) is 7.29. The summed E-state index contributed by atoms with van der Waals surface area (Å²) in [5, 5.41) is 12.5. The zero-order valence-corrected chi connectivity index (χ0v) is 12.0. The first-order chi connectivity index (χ1) is 9.70. The summed E-state index contributed by atoms with van der Waals surface area (Å²) < 4.78 is 5.55. The molecule has 1 atom stereocenters. The summed E-state index contributed by atoms with van der Waals surface area (Å²) in [6, 6.07) is 7.12. The summed E-state index contributed by atoms with van der Waals surface area (Å²) in [4.78, 5) is 11.9. The Morgan fingerprint density at radius 3 is 2.70 bits per heavy atom. The maximum Gasteiger partial charge on any atom is 0.251 e. The van der Waals surface area contributed by atoms with E-state index in [4.69, 9.17) is 4.74 Å². The van der Waals surface area contributed by atoms with Crippen LogP contribution in [-0.4, -0.2) is 30.3 Å². The highest BCUT2D eigenvalue weighted by Gasteiger charge is 2.29. The number of unbranched alkanes of at least 4 members (excludes halogenated alkanes) is 1. The number of aliphatic hydroxyl groups excluding tert-OH is 1. The third-order valence-corrected chi connectivity index (χ3v) is 3.52. The van der Waals surface area contributed by atoms with E-state index in [0.29, 0.717) is 24.6 Å². The molecule has 1 aromatic rings. The fourth-order valence-corrected chi connectivity index (χ4v) is 1.98. The SMILES string of the molecule is CCCCOc1ccc(C(=O)NCC(O)C2CC2)cc1. The van der Waals surface area contributed by atoms with Gasteiger partial charge in [-0.2, -0.15) is 0 Å². The predicted molar refractivity (Wildman–Crippen MR) is 77.9 cm³/mol. The van der Waals surface area contributed by atoms with Gasteiger partial charge in [0.05, 0.1) is 12.7 Å². The largest absolute Gasteiger partial charge is 0.494 e. The van der Waals surface area contributed by atoms with Crippen LogP contribution in [0.15, 0.2) is 24.3 Å². The van der Waals surface area contributed by atoms with Crippen molar-refractivity contribution in [2.24, 2.45) is 5.92 Å². The highest BCUT2D eigenvalue weighted by atomic mass is 16.5. The van der Waals surface area contributed by atoms with Gasteiger partial charge in [-0.1, -0.05) is 13.3 Å². The summed E-state index contributed by atoms with van der Waals surface area (Å²) in [5.74, 6) is 1.02. The Labute approximate surface area is 120 Å². The molecule has 1 fully saturated rings. The van der Waals surface area contributed by atoms with Crippen molar-refractivity contribution < 1.29 is 14.6 Å². The van der Waals surface area contributed by atoms with Crippen LogP contribution < -0.4 is 10.1 Å². The van der Waals surface area contributed by atoms with E-state index in [-0.39, 0.29) is 5.91 Å². The third kappa shape index (κ3) is 4.53. The van der Waals surface area contributed by atoms with E-state index in [9.17, 15) is 9.90 Å². The van der Waals surface area contributed by atoms with Crippen molar-refractivity contribution in [1.29, 1.82) is 0 Å². The lowest BCUT2D eigenvalue weighted by Crippen LogP contribution is -2.33.